The quantitative estimate of drug-likeness (QED) is 0.748. The summed E-state index contributed by atoms with van der Waals surface area (Å²) in [6.45, 7) is 2.81. The third kappa shape index (κ3) is 5.68. The Morgan fingerprint density at radius 2 is 1.88 bits per heavy atom. The predicted molar refractivity (Wildman–Crippen MR) is 64.8 cm³/mol. The Balaban J connectivity index is 2.18. The van der Waals surface area contributed by atoms with E-state index in [2.05, 4.69) is 0 Å². The van der Waals surface area contributed by atoms with Crippen LogP contribution < -0.4 is 0 Å². The summed E-state index contributed by atoms with van der Waals surface area (Å²) < 4.78 is 0. The van der Waals surface area contributed by atoms with E-state index in [0.29, 0.717) is 19.5 Å². The van der Waals surface area contributed by atoms with Crippen LogP contribution in [-0.4, -0.2) is 60.0 Å². The average Bonchev–Trinajstić information content (AvgIpc) is 2.29. The molecule has 1 aliphatic rings. The standard InChI is InChI=1S/C12H22N2O3/c1-13(7-5-6-12(16)17)10-11(15)14-8-3-2-4-9-14/h2-10H2,1H3,(H,16,17). The molecule has 1 N–H and O–H groups in total. The minimum absolute atomic E-state index is 0.169. The molecule has 0 saturated carbocycles. The molecule has 0 unspecified atom stereocenters. The minimum atomic E-state index is -0.777. The smallest absolute Gasteiger partial charge is 0.303 e. The van der Waals surface area contributed by atoms with Gasteiger partial charge >= 0.3 is 5.97 Å². The number of carboxylic acid groups (broad SMARTS) is 1. The van der Waals surface area contributed by atoms with Crippen molar-refractivity contribution in [2.75, 3.05) is 33.2 Å². The number of carbonyl (C=O) groups is 2. The van der Waals surface area contributed by atoms with E-state index < -0.39 is 5.97 Å². The first-order valence-corrected chi connectivity index (χ1v) is 6.27. The van der Waals surface area contributed by atoms with Crippen LogP contribution in [0.2, 0.25) is 0 Å². The Hall–Kier alpha value is -1.10. The van der Waals surface area contributed by atoms with Crippen LogP contribution in [0.15, 0.2) is 0 Å². The van der Waals surface area contributed by atoms with Crippen LogP contribution in [0.4, 0.5) is 0 Å². The third-order valence-electron chi connectivity index (χ3n) is 3.04. The molecule has 0 radical (unpaired) electrons. The first-order valence-electron chi connectivity index (χ1n) is 6.27. The number of nitrogens with zero attached hydrogens (tertiary/aromatic N) is 2. The van der Waals surface area contributed by atoms with Gasteiger partial charge in [-0.05, 0) is 39.3 Å². The van der Waals surface area contributed by atoms with Gasteiger partial charge in [-0.1, -0.05) is 0 Å². The Bertz CT molecular complexity index is 262. The topological polar surface area (TPSA) is 60.9 Å². The van der Waals surface area contributed by atoms with E-state index in [9.17, 15) is 9.59 Å². The van der Waals surface area contributed by atoms with Crippen LogP contribution in [0.25, 0.3) is 0 Å². The molecule has 0 aromatic carbocycles. The summed E-state index contributed by atoms with van der Waals surface area (Å²) in [5.41, 5.74) is 0. The maximum absolute atomic E-state index is 11.9. The van der Waals surface area contributed by atoms with Crippen LogP contribution in [0, 0.1) is 0 Å². The zero-order valence-electron chi connectivity index (χ0n) is 10.5. The second-order valence-corrected chi connectivity index (χ2v) is 4.68. The molecular weight excluding hydrogens is 220 g/mol. The molecular formula is C12H22N2O3. The normalized spacial score (nSPS) is 16.2. The van der Waals surface area contributed by atoms with Gasteiger partial charge in [0.05, 0.1) is 6.54 Å². The maximum atomic E-state index is 11.9. The molecule has 17 heavy (non-hydrogen) atoms. The molecule has 0 bridgehead atoms. The number of amides is 1. The van der Waals surface area contributed by atoms with Crippen molar-refractivity contribution in [3.05, 3.63) is 0 Å². The second-order valence-electron chi connectivity index (χ2n) is 4.68. The molecule has 0 aliphatic carbocycles. The molecule has 98 valence electrons. The molecule has 1 heterocycles. The molecule has 1 fully saturated rings. The number of hydrogen-bond donors (Lipinski definition) is 1. The second kappa shape index (κ2) is 7.27. The van der Waals surface area contributed by atoms with Gasteiger partial charge in [-0.15, -0.1) is 0 Å². The lowest BCUT2D eigenvalue weighted by atomic mass is 10.1. The Morgan fingerprint density at radius 3 is 2.47 bits per heavy atom. The van der Waals surface area contributed by atoms with E-state index in [1.54, 1.807) is 0 Å². The fourth-order valence-corrected chi connectivity index (χ4v) is 2.05. The van der Waals surface area contributed by atoms with Crippen molar-refractivity contribution < 1.29 is 14.7 Å². The highest BCUT2D eigenvalue weighted by atomic mass is 16.4. The van der Waals surface area contributed by atoms with Gasteiger partial charge in [0.2, 0.25) is 5.91 Å². The van der Waals surface area contributed by atoms with E-state index in [1.807, 2.05) is 16.8 Å². The van der Waals surface area contributed by atoms with Gasteiger partial charge in [0.1, 0.15) is 0 Å². The summed E-state index contributed by atoms with van der Waals surface area (Å²) in [6, 6.07) is 0. The summed E-state index contributed by atoms with van der Waals surface area (Å²) in [5, 5.41) is 8.52. The highest BCUT2D eigenvalue weighted by Gasteiger charge is 2.17. The van der Waals surface area contributed by atoms with E-state index in [0.717, 1.165) is 25.9 Å². The first kappa shape index (κ1) is 14.0. The Kier molecular flexibility index (Phi) is 5.97. The molecule has 0 atom stereocenters. The zero-order valence-corrected chi connectivity index (χ0v) is 10.5. The number of rotatable bonds is 6. The SMILES string of the molecule is CN(CCCC(=O)O)CC(=O)N1CCCCC1. The van der Waals surface area contributed by atoms with Crippen LogP contribution in [0.3, 0.4) is 0 Å². The molecule has 0 aromatic rings. The number of carbonyl (C=O) groups excluding carboxylic acids is 1. The summed E-state index contributed by atoms with van der Waals surface area (Å²) in [7, 11) is 1.86. The van der Waals surface area contributed by atoms with Crippen LogP contribution in [0.5, 0.6) is 0 Å². The Morgan fingerprint density at radius 1 is 1.24 bits per heavy atom. The molecule has 1 amide bonds. The number of carboxylic acids is 1. The van der Waals surface area contributed by atoms with Gasteiger partial charge in [-0.3, -0.25) is 14.5 Å². The van der Waals surface area contributed by atoms with Crippen molar-refractivity contribution in [2.45, 2.75) is 32.1 Å². The largest absolute Gasteiger partial charge is 0.481 e. The maximum Gasteiger partial charge on any atom is 0.303 e. The molecule has 0 aromatic heterocycles. The highest BCUT2D eigenvalue weighted by molar-refractivity contribution is 5.78. The summed E-state index contributed by atoms with van der Waals surface area (Å²) >= 11 is 0. The van der Waals surface area contributed by atoms with Crippen molar-refractivity contribution in [1.82, 2.24) is 9.80 Å². The Labute approximate surface area is 102 Å². The first-order chi connectivity index (χ1) is 8.09. The fraction of sp³-hybridized carbons (Fsp3) is 0.833. The van der Waals surface area contributed by atoms with Crippen molar-refractivity contribution >= 4 is 11.9 Å². The molecule has 1 aliphatic heterocycles. The molecule has 1 saturated heterocycles. The molecule has 5 nitrogen and oxygen atoms in total. The molecule has 5 heteroatoms. The lowest BCUT2D eigenvalue weighted by molar-refractivity contribution is -0.137. The molecule has 1 rings (SSSR count). The summed E-state index contributed by atoms with van der Waals surface area (Å²) in [5.74, 6) is -0.608. The van der Waals surface area contributed by atoms with Crippen molar-refractivity contribution in [3.8, 4) is 0 Å². The van der Waals surface area contributed by atoms with E-state index in [4.69, 9.17) is 5.11 Å². The van der Waals surface area contributed by atoms with Crippen molar-refractivity contribution in [3.63, 3.8) is 0 Å². The van der Waals surface area contributed by atoms with Crippen LogP contribution >= 0.6 is 0 Å². The summed E-state index contributed by atoms with van der Waals surface area (Å²) in [4.78, 5) is 26.0. The third-order valence-corrected chi connectivity index (χ3v) is 3.04. The van der Waals surface area contributed by atoms with Gasteiger partial charge in [0.15, 0.2) is 0 Å². The minimum Gasteiger partial charge on any atom is -0.481 e. The van der Waals surface area contributed by atoms with E-state index >= 15 is 0 Å². The number of likely N-dealkylation sites (tertiary alicyclic amines) is 1. The molecule has 0 spiro atoms. The van der Waals surface area contributed by atoms with Crippen LogP contribution in [-0.2, 0) is 9.59 Å². The number of hydrogen-bond acceptors (Lipinski definition) is 3. The average molecular weight is 242 g/mol. The lowest BCUT2D eigenvalue weighted by Gasteiger charge is -2.28. The van der Waals surface area contributed by atoms with E-state index in [-0.39, 0.29) is 12.3 Å². The van der Waals surface area contributed by atoms with Crippen LogP contribution in [0.1, 0.15) is 32.1 Å². The number of likely N-dealkylation sites (N-methyl/N-ethyl adjacent to an activating group) is 1. The van der Waals surface area contributed by atoms with Gasteiger partial charge in [0.25, 0.3) is 0 Å². The zero-order chi connectivity index (χ0) is 12.7. The lowest BCUT2D eigenvalue weighted by Crippen LogP contribution is -2.41. The predicted octanol–water partition coefficient (Wildman–Crippen LogP) is 0.795. The number of piperidine rings is 1. The highest BCUT2D eigenvalue weighted by Crippen LogP contribution is 2.09. The van der Waals surface area contributed by atoms with Gasteiger partial charge in [-0.2, -0.15) is 0 Å². The monoisotopic (exact) mass is 242 g/mol. The fourth-order valence-electron chi connectivity index (χ4n) is 2.05. The van der Waals surface area contributed by atoms with Gasteiger partial charge in [-0.25, -0.2) is 0 Å². The van der Waals surface area contributed by atoms with Crippen molar-refractivity contribution in [2.24, 2.45) is 0 Å². The van der Waals surface area contributed by atoms with E-state index in [1.165, 1.54) is 6.42 Å². The summed E-state index contributed by atoms with van der Waals surface area (Å²) in [6.07, 6.45) is 4.20. The number of aliphatic carboxylic acids is 1. The van der Waals surface area contributed by atoms with Crippen molar-refractivity contribution in [1.29, 1.82) is 0 Å². The van der Waals surface area contributed by atoms with Gasteiger partial charge < -0.3 is 10.0 Å². The van der Waals surface area contributed by atoms with Gasteiger partial charge in [0, 0.05) is 19.5 Å².